The van der Waals surface area contributed by atoms with E-state index in [9.17, 15) is 12.8 Å². The lowest BCUT2D eigenvalue weighted by Crippen LogP contribution is -2.44. The third-order valence-electron chi connectivity index (χ3n) is 5.32. The number of benzene rings is 1. The minimum Gasteiger partial charge on any atom is -0.339 e. The van der Waals surface area contributed by atoms with E-state index in [1.54, 1.807) is 0 Å². The van der Waals surface area contributed by atoms with Gasteiger partial charge in [-0.2, -0.15) is 9.29 Å². The predicted octanol–water partition coefficient (Wildman–Crippen LogP) is 2.11. The van der Waals surface area contributed by atoms with Gasteiger partial charge in [-0.05, 0) is 56.4 Å². The van der Waals surface area contributed by atoms with Crippen LogP contribution in [0.2, 0.25) is 0 Å². The number of hydrogen-bond acceptors (Lipinski definition) is 6. The third kappa shape index (κ3) is 3.04. The maximum atomic E-state index is 13.1. The van der Waals surface area contributed by atoms with Gasteiger partial charge in [0.05, 0.1) is 16.4 Å². The van der Waals surface area contributed by atoms with Crippen LogP contribution in [0.3, 0.4) is 0 Å². The fraction of sp³-hybridized carbons (Fsp3) is 0.529. The SMILES string of the molecule is NC1(c2noc(C3CCCN(S(=O)(=O)c4ccc(F)cc4)C3)n2)CCC1. The van der Waals surface area contributed by atoms with Crippen molar-refractivity contribution in [2.75, 3.05) is 13.1 Å². The molecule has 1 saturated carbocycles. The number of nitrogens with zero attached hydrogens (tertiary/aromatic N) is 3. The molecule has 2 N–H and O–H groups in total. The van der Waals surface area contributed by atoms with E-state index in [0.717, 1.165) is 37.8 Å². The van der Waals surface area contributed by atoms with E-state index in [2.05, 4.69) is 10.1 Å². The van der Waals surface area contributed by atoms with E-state index < -0.39 is 21.4 Å². The summed E-state index contributed by atoms with van der Waals surface area (Å²) < 4.78 is 45.5. The molecular formula is C17H21FN4O3S. The van der Waals surface area contributed by atoms with Crippen molar-refractivity contribution < 1.29 is 17.3 Å². The molecule has 26 heavy (non-hydrogen) atoms. The van der Waals surface area contributed by atoms with E-state index >= 15 is 0 Å². The van der Waals surface area contributed by atoms with Gasteiger partial charge in [0.1, 0.15) is 5.82 Å². The molecule has 0 bridgehead atoms. The van der Waals surface area contributed by atoms with Gasteiger partial charge in [-0.1, -0.05) is 5.16 Å². The number of nitrogens with two attached hydrogens (primary N) is 1. The summed E-state index contributed by atoms with van der Waals surface area (Å²) in [5, 5.41) is 4.02. The molecule has 1 aliphatic carbocycles. The Morgan fingerprint density at radius 2 is 1.96 bits per heavy atom. The minimum absolute atomic E-state index is 0.0844. The number of halogens is 1. The van der Waals surface area contributed by atoms with Gasteiger partial charge in [0.2, 0.25) is 15.9 Å². The number of aromatic nitrogens is 2. The molecule has 1 saturated heterocycles. The van der Waals surface area contributed by atoms with Gasteiger partial charge in [-0.15, -0.1) is 0 Å². The van der Waals surface area contributed by atoms with Crippen LogP contribution in [0.5, 0.6) is 0 Å². The highest BCUT2D eigenvalue weighted by Gasteiger charge is 2.40. The molecule has 2 fully saturated rings. The zero-order valence-electron chi connectivity index (χ0n) is 14.3. The molecule has 7 nitrogen and oxygen atoms in total. The molecule has 9 heteroatoms. The Bertz CT molecular complexity index is 893. The van der Waals surface area contributed by atoms with Crippen molar-refractivity contribution in [1.82, 2.24) is 14.4 Å². The van der Waals surface area contributed by atoms with Crippen LogP contribution in [-0.2, 0) is 15.6 Å². The highest BCUT2D eigenvalue weighted by Crippen LogP contribution is 2.38. The zero-order valence-corrected chi connectivity index (χ0v) is 15.1. The van der Waals surface area contributed by atoms with Gasteiger partial charge in [-0.25, -0.2) is 12.8 Å². The van der Waals surface area contributed by atoms with Crippen LogP contribution in [0.15, 0.2) is 33.7 Å². The Morgan fingerprint density at radius 1 is 1.23 bits per heavy atom. The molecule has 0 spiro atoms. The lowest BCUT2D eigenvalue weighted by atomic mass is 9.77. The lowest BCUT2D eigenvalue weighted by Gasteiger charge is -2.34. The standard InChI is InChI=1S/C17H21FN4O3S/c18-13-4-6-14(7-5-13)26(23,24)22-10-1-3-12(11-22)15-20-16(21-25-15)17(19)8-2-9-17/h4-7,12H,1-3,8-11,19H2. The monoisotopic (exact) mass is 380 g/mol. The summed E-state index contributed by atoms with van der Waals surface area (Å²) in [5.41, 5.74) is 5.73. The molecule has 2 aromatic rings. The van der Waals surface area contributed by atoms with Crippen LogP contribution in [0.25, 0.3) is 0 Å². The Labute approximate surface area is 151 Å². The van der Waals surface area contributed by atoms with E-state index in [4.69, 9.17) is 10.3 Å². The molecule has 1 aliphatic heterocycles. The van der Waals surface area contributed by atoms with Crippen LogP contribution in [-0.4, -0.2) is 36.0 Å². The van der Waals surface area contributed by atoms with Crippen LogP contribution in [0, 0.1) is 5.82 Å². The molecule has 2 heterocycles. The average Bonchev–Trinajstić information content (AvgIpc) is 3.11. The van der Waals surface area contributed by atoms with Gasteiger partial charge in [-0.3, -0.25) is 0 Å². The first-order valence-corrected chi connectivity index (χ1v) is 10.2. The fourth-order valence-electron chi connectivity index (χ4n) is 3.50. The maximum absolute atomic E-state index is 13.1. The van der Waals surface area contributed by atoms with Crippen molar-refractivity contribution >= 4 is 10.0 Å². The van der Waals surface area contributed by atoms with Crippen molar-refractivity contribution in [3.8, 4) is 0 Å². The molecular weight excluding hydrogens is 359 g/mol. The number of sulfonamides is 1. The van der Waals surface area contributed by atoms with Crippen LogP contribution >= 0.6 is 0 Å². The van der Waals surface area contributed by atoms with Crippen LogP contribution in [0.1, 0.15) is 49.7 Å². The van der Waals surface area contributed by atoms with Crippen molar-refractivity contribution in [2.45, 2.75) is 48.5 Å². The first kappa shape index (κ1) is 17.6. The summed E-state index contributed by atoms with van der Waals surface area (Å²) in [6.45, 7) is 0.678. The van der Waals surface area contributed by atoms with Gasteiger partial charge in [0.15, 0.2) is 5.82 Å². The first-order chi connectivity index (χ1) is 12.4. The van der Waals surface area contributed by atoms with Crippen molar-refractivity contribution in [3.05, 3.63) is 41.8 Å². The summed E-state index contributed by atoms with van der Waals surface area (Å²) in [6.07, 6.45) is 4.18. The number of hydrogen-bond donors (Lipinski definition) is 1. The Kier molecular flexibility index (Phi) is 4.32. The smallest absolute Gasteiger partial charge is 0.243 e. The fourth-order valence-corrected chi connectivity index (χ4v) is 5.03. The molecule has 2 aliphatic rings. The van der Waals surface area contributed by atoms with Crippen LogP contribution < -0.4 is 5.73 Å². The van der Waals surface area contributed by atoms with Gasteiger partial charge in [0.25, 0.3) is 0 Å². The number of rotatable bonds is 4. The average molecular weight is 380 g/mol. The molecule has 1 unspecified atom stereocenters. The second-order valence-corrected chi connectivity index (χ2v) is 9.06. The van der Waals surface area contributed by atoms with Gasteiger partial charge >= 0.3 is 0 Å². The lowest BCUT2D eigenvalue weighted by molar-refractivity contribution is 0.226. The largest absolute Gasteiger partial charge is 0.339 e. The van der Waals surface area contributed by atoms with Gasteiger partial charge < -0.3 is 10.3 Å². The Balaban J connectivity index is 1.53. The van der Waals surface area contributed by atoms with E-state index in [1.807, 2.05) is 0 Å². The topological polar surface area (TPSA) is 102 Å². The zero-order chi connectivity index (χ0) is 18.4. The van der Waals surface area contributed by atoms with E-state index in [0.29, 0.717) is 24.7 Å². The summed E-state index contributed by atoms with van der Waals surface area (Å²) >= 11 is 0. The number of piperidine rings is 1. The highest BCUT2D eigenvalue weighted by atomic mass is 32.2. The van der Waals surface area contributed by atoms with E-state index in [1.165, 1.54) is 16.4 Å². The second kappa shape index (κ2) is 6.40. The molecule has 140 valence electrons. The quantitative estimate of drug-likeness (QED) is 0.872. The van der Waals surface area contributed by atoms with Crippen LogP contribution in [0.4, 0.5) is 4.39 Å². The third-order valence-corrected chi connectivity index (χ3v) is 7.20. The molecule has 0 radical (unpaired) electrons. The molecule has 1 aromatic carbocycles. The first-order valence-electron chi connectivity index (χ1n) is 8.77. The summed E-state index contributed by atoms with van der Waals surface area (Å²) in [6, 6.07) is 4.87. The predicted molar refractivity (Wildman–Crippen MR) is 91.1 cm³/mol. The van der Waals surface area contributed by atoms with Crippen molar-refractivity contribution in [2.24, 2.45) is 5.73 Å². The normalized spacial score (nSPS) is 23.5. The summed E-state index contributed by atoms with van der Waals surface area (Å²) in [7, 11) is -3.68. The van der Waals surface area contributed by atoms with E-state index in [-0.39, 0.29) is 17.4 Å². The summed E-state index contributed by atoms with van der Waals surface area (Å²) in [4.78, 5) is 4.54. The van der Waals surface area contributed by atoms with Crippen molar-refractivity contribution in [3.63, 3.8) is 0 Å². The maximum Gasteiger partial charge on any atom is 0.243 e. The molecule has 4 rings (SSSR count). The molecule has 0 amide bonds. The van der Waals surface area contributed by atoms with Gasteiger partial charge in [0, 0.05) is 13.1 Å². The Morgan fingerprint density at radius 3 is 2.62 bits per heavy atom. The molecule has 1 atom stereocenters. The Hall–Kier alpha value is -1.84. The second-order valence-electron chi connectivity index (χ2n) is 7.12. The minimum atomic E-state index is -3.68. The highest BCUT2D eigenvalue weighted by molar-refractivity contribution is 7.89. The molecule has 1 aromatic heterocycles. The van der Waals surface area contributed by atoms with Crippen molar-refractivity contribution in [1.29, 1.82) is 0 Å². The summed E-state index contributed by atoms with van der Waals surface area (Å²) in [5.74, 6) is 0.322.